The van der Waals surface area contributed by atoms with Gasteiger partial charge in [0.05, 0.1) is 0 Å². The van der Waals surface area contributed by atoms with Crippen LogP contribution >= 0.6 is 0 Å². The van der Waals surface area contributed by atoms with E-state index in [1.165, 1.54) is 36.9 Å². The van der Waals surface area contributed by atoms with Crippen LogP contribution in [-0.4, -0.2) is 25.1 Å². The molecule has 0 radical (unpaired) electrons. The summed E-state index contributed by atoms with van der Waals surface area (Å²) < 4.78 is 0. The van der Waals surface area contributed by atoms with Gasteiger partial charge in [-0.1, -0.05) is 20.8 Å². The Labute approximate surface area is 130 Å². The van der Waals surface area contributed by atoms with Gasteiger partial charge in [-0.05, 0) is 62.3 Å². The van der Waals surface area contributed by atoms with Crippen molar-refractivity contribution >= 4 is 5.82 Å². The highest BCUT2D eigenvalue weighted by molar-refractivity contribution is 5.43. The van der Waals surface area contributed by atoms with Gasteiger partial charge < -0.3 is 10.2 Å². The van der Waals surface area contributed by atoms with E-state index in [9.17, 15) is 0 Å². The lowest BCUT2D eigenvalue weighted by Crippen LogP contribution is -2.37. The maximum Gasteiger partial charge on any atom is 0.129 e. The van der Waals surface area contributed by atoms with Gasteiger partial charge in [0.25, 0.3) is 0 Å². The molecule has 21 heavy (non-hydrogen) atoms. The fourth-order valence-electron chi connectivity index (χ4n) is 3.26. The Kier molecular flexibility index (Phi) is 5.26. The quantitative estimate of drug-likeness (QED) is 0.894. The zero-order chi connectivity index (χ0) is 15.5. The Bertz CT molecular complexity index is 458. The van der Waals surface area contributed by atoms with Crippen LogP contribution in [0, 0.1) is 5.41 Å². The van der Waals surface area contributed by atoms with Gasteiger partial charge >= 0.3 is 0 Å². The van der Waals surface area contributed by atoms with Crippen molar-refractivity contribution in [2.45, 2.75) is 65.5 Å². The summed E-state index contributed by atoms with van der Waals surface area (Å²) in [5.74, 6) is 1.14. The highest BCUT2D eigenvalue weighted by atomic mass is 15.2. The molecule has 2 rings (SSSR count). The summed E-state index contributed by atoms with van der Waals surface area (Å²) in [6.07, 6.45) is 6.19. The molecule has 3 nitrogen and oxygen atoms in total. The first kappa shape index (κ1) is 16.3. The molecule has 1 aromatic heterocycles. The van der Waals surface area contributed by atoms with Crippen LogP contribution in [0.25, 0.3) is 0 Å². The average molecular weight is 289 g/mol. The molecule has 0 aliphatic heterocycles. The van der Waals surface area contributed by atoms with Crippen LogP contribution in [0.2, 0.25) is 0 Å². The second-order valence-electron chi connectivity index (χ2n) is 7.22. The van der Waals surface area contributed by atoms with Crippen LogP contribution in [-0.2, 0) is 13.0 Å². The molecule has 0 atom stereocenters. The van der Waals surface area contributed by atoms with E-state index in [1.54, 1.807) is 0 Å². The maximum absolute atomic E-state index is 4.84. The number of nitrogens with one attached hydrogen (secondary N) is 1. The summed E-state index contributed by atoms with van der Waals surface area (Å²) in [6.45, 7) is 7.88. The zero-order valence-corrected chi connectivity index (χ0v) is 14.4. The molecule has 0 unspecified atom stereocenters. The number of rotatable bonds is 5. The molecule has 1 N–H and O–H groups in total. The van der Waals surface area contributed by atoms with Crippen LogP contribution in [0.5, 0.6) is 0 Å². The van der Waals surface area contributed by atoms with Crippen molar-refractivity contribution < 1.29 is 0 Å². The van der Waals surface area contributed by atoms with Crippen molar-refractivity contribution in [3.8, 4) is 0 Å². The summed E-state index contributed by atoms with van der Waals surface area (Å²) in [5.41, 5.74) is 3.05. The third-order valence-electron chi connectivity index (χ3n) is 4.89. The maximum atomic E-state index is 4.84. The largest absolute Gasteiger partial charge is 0.357 e. The molecule has 1 heterocycles. The molecule has 0 amide bonds. The molecule has 1 saturated carbocycles. The highest BCUT2D eigenvalue weighted by Crippen LogP contribution is 2.37. The minimum Gasteiger partial charge on any atom is -0.357 e. The normalized spacial score (nSPS) is 18.7. The lowest BCUT2D eigenvalue weighted by atomic mass is 9.75. The van der Waals surface area contributed by atoms with Gasteiger partial charge in [-0.25, -0.2) is 4.98 Å². The summed E-state index contributed by atoms with van der Waals surface area (Å²) in [5, 5.41) is 3.25. The first-order valence-corrected chi connectivity index (χ1v) is 8.32. The van der Waals surface area contributed by atoms with E-state index in [-0.39, 0.29) is 0 Å². The number of nitrogens with zero attached hydrogens (tertiary/aromatic N) is 2. The first-order chi connectivity index (χ1) is 9.95. The van der Waals surface area contributed by atoms with Gasteiger partial charge in [0.15, 0.2) is 0 Å². The molecule has 118 valence electrons. The van der Waals surface area contributed by atoms with E-state index >= 15 is 0 Å². The molecule has 1 fully saturated rings. The molecule has 1 aliphatic rings. The molecule has 0 aromatic carbocycles. The van der Waals surface area contributed by atoms with Crippen LogP contribution in [0.15, 0.2) is 12.1 Å². The molecule has 0 spiro atoms. The summed E-state index contributed by atoms with van der Waals surface area (Å²) in [6, 6.07) is 5.10. The van der Waals surface area contributed by atoms with Gasteiger partial charge in [0, 0.05) is 25.3 Å². The summed E-state index contributed by atoms with van der Waals surface area (Å²) in [4.78, 5) is 7.25. The molecule has 1 aromatic rings. The van der Waals surface area contributed by atoms with Crippen molar-refractivity contribution in [2.75, 3.05) is 19.0 Å². The fourth-order valence-corrected chi connectivity index (χ4v) is 3.26. The van der Waals surface area contributed by atoms with Crippen LogP contribution in [0.1, 0.15) is 57.7 Å². The Balaban J connectivity index is 2.14. The van der Waals surface area contributed by atoms with Gasteiger partial charge in [0.1, 0.15) is 5.82 Å². The number of aromatic nitrogens is 1. The van der Waals surface area contributed by atoms with Crippen molar-refractivity contribution in [3.05, 3.63) is 23.4 Å². The van der Waals surface area contributed by atoms with Gasteiger partial charge in [-0.15, -0.1) is 0 Å². The van der Waals surface area contributed by atoms with Crippen molar-refractivity contribution in [1.82, 2.24) is 10.3 Å². The van der Waals surface area contributed by atoms with Crippen LogP contribution in [0.3, 0.4) is 0 Å². The molecule has 3 heteroatoms. The molecular formula is C18H31N3. The van der Waals surface area contributed by atoms with Crippen LogP contribution < -0.4 is 10.2 Å². The number of aryl methyl sites for hydroxylation is 1. The Morgan fingerprint density at radius 3 is 2.52 bits per heavy atom. The summed E-state index contributed by atoms with van der Waals surface area (Å²) >= 11 is 0. The third kappa shape index (κ3) is 4.19. The van der Waals surface area contributed by atoms with Crippen LogP contribution in [0.4, 0.5) is 5.82 Å². The van der Waals surface area contributed by atoms with Gasteiger partial charge in [0.2, 0.25) is 0 Å². The average Bonchev–Trinajstić information content (AvgIpc) is 2.46. The topological polar surface area (TPSA) is 28.2 Å². The predicted octanol–water partition coefficient (Wildman–Crippen LogP) is 3.77. The van der Waals surface area contributed by atoms with Crippen molar-refractivity contribution in [2.24, 2.45) is 5.41 Å². The first-order valence-electron chi connectivity index (χ1n) is 8.32. The Hall–Kier alpha value is -1.09. The lowest BCUT2D eigenvalue weighted by molar-refractivity contribution is 0.222. The van der Waals surface area contributed by atoms with E-state index < -0.39 is 0 Å². The van der Waals surface area contributed by atoms with Gasteiger partial charge in [-0.2, -0.15) is 0 Å². The third-order valence-corrected chi connectivity index (χ3v) is 4.89. The minimum atomic E-state index is 0.521. The minimum absolute atomic E-state index is 0.521. The highest BCUT2D eigenvalue weighted by Gasteiger charge is 2.29. The number of anilines is 1. The van der Waals surface area contributed by atoms with Crippen molar-refractivity contribution in [3.63, 3.8) is 0 Å². The summed E-state index contributed by atoms with van der Waals surface area (Å²) in [7, 11) is 4.21. The fraction of sp³-hybridized carbons (Fsp3) is 0.722. The number of hydrogen-bond donors (Lipinski definition) is 1. The second kappa shape index (κ2) is 6.78. The lowest BCUT2D eigenvalue weighted by Gasteiger charge is -2.39. The monoisotopic (exact) mass is 289 g/mol. The number of hydrogen-bond acceptors (Lipinski definition) is 3. The second-order valence-corrected chi connectivity index (χ2v) is 7.22. The van der Waals surface area contributed by atoms with E-state index in [2.05, 4.69) is 50.2 Å². The van der Waals surface area contributed by atoms with E-state index in [1.807, 2.05) is 7.05 Å². The Morgan fingerprint density at radius 2 is 1.95 bits per heavy atom. The molecule has 1 aliphatic carbocycles. The smallest absolute Gasteiger partial charge is 0.129 e. The van der Waals surface area contributed by atoms with Crippen molar-refractivity contribution in [1.29, 1.82) is 0 Å². The molecular weight excluding hydrogens is 258 g/mol. The standard InChI is InChI=1S/C18H31N3/c1-6-15-11-14(13-19-4)12-17(20-15)21(5)16-7-9-18(2,3)10-8-16/h11-12,16,19H,6-10,13H2,1-5H3. The van der Waals surface area contributed by atoms with E-state index in [4.69, 9.17) is 4.98 Å². The van der Waals surface area contributed by atoms with Gasteiger partial charge in [-0.3, -0.25) is 0 Å². The Morgan fingerprint density at radius 1 is 1.29 bits per heavy atom. The molecule has 0 bridgehead atoms. The van der Waals surface area contributed by atoms with E-state index in [0.29, 0.717) is 11.5 Å². The SMILES string of the molecule is CCc1cc(CNC)cc(N(C)C2CCC(C)(C)CC2)n1. The number of pyridine rings is 1. The molecule has 0 saturated heterocycles. The predicted molar refractivity (Wildman–Crippen MR) is 90.8 cm³/mol. The zero-order valence-electron chi connectivity index (χ0n) is 14.4. The van der Waals surface area contributed by atoms with E-state index in [0.717, 1.165) is 18.8 Å².